The molecule has 4 nitrogen and oxygen atoms in total. The second-order valence-electron chi connectivity index (χ2n) is 4.23. The van der Waals surface area contributed by atoms with Gasteiger partial charge in [-0.3, -0.25) is 4.55 Å². The van der Waals surface area contributed by atoms with Gasteiger partial charge in [0.15, 0.2) is 6.61 Å². The summed E-state index contributed by atoms with van der Waals surface area (Å²) in [6, 6.07) is 0. The van der Waals surface area contributed by atoms with Crippen LogP contribution in [0, 0.1) is 6.61 Å². The molecule has 0 aromatic rings. The van der Waals surface area contributed by atoms with Crippen LogP contribution in [0.15, 0.2) is 0 Å². The molecule has 0 unspecified atom stereocenters. The van der Waals surface area contributed by atoms with Crippen molar-refractivity contribution in [2.75, 3.05) is 0 Å². The summed E-state index contributed by atoms with van der Waals surface area (Å²) in [4.78, 5) is 0. The lowest BCUT2D eigenvalue weighted by molar-refractivity contribution is 0.312. The topological polar surface area (TPSA) is 63.6 Å². The Morgan fingerprint density at radius 2 is 1.41 bits per heavy atom. The van der Waals surface area contributed by atoms with Crippen molar-refractivity contribution < 1.29 is 17.2 Å². The van der Waals surface area contributed by atoms with Crippen LogP contribution in [0.3, 0.4) is 0 Å². The highest BCUT2D eigenvalue weighted by Crippen LogP contribution is 2.11. The molecule has 0 aromatic heterocycles. The normalized spacial score (nSPS) is 11.9. The van der Waals surface area contributed by atoms with Crippen LogP contribution in [-0.4, -0.2) is 13.0 Å². The molecule has 102 valence electrons. The molecule has 0 spiro atoms. The third-order valence-electron chi connectivity index (χ3n) is 2.55. The van der Waals surface area contributed by atoms with Crippen molar-refractivity contribution in [1.82, 2.24) is 0 Å². The largest absolute Gasteiger partial charge is 0.398 e. The van der Waals surface area contributed by atoms with E-state index < -0.39 is 10.4 Å². The maximum absolute atomic E-state index is 10.2. The molecular formula is C12H24O4S. The average Bonchev–Trinajstić information content (AvgIpc) is 2.24. The van der Waals surface area contributed by atoms with Crippen molar-refractivity contribution in [2.24, 2.45) is 0 Å². The van der Waals surface area contributed by atoms with Gasteiger partial charge in [-0.2, -0.15) is 8.42 Å². The third kappa shape index (κ3) is 15.9. The fraction of sp³-hybridized carbons (Fsp3) is 0.917. The van der Waals surface area contributed by atoms with Crippen LogP contribution in [0.5, 0.6) is 0 Å². The van der Waals surface area contributed by atoms with E-state index in [1.165, 1.54) is 44.9 Å². The van der Waals surface area contributed by atoms with Crippen LogP contribution in [0.2, 0.25) is 0 Å². The highest BCUT2D eigenvalue weighted by atomic mass is 32.3. The summed E-state index contributed by atoms with van der Waals surface area (Å²) >= 11 is 0. The zero-order valence-corrected chi connectivity index (χ0v) is 11.5. The minimum atomic E-state index is -4.35. The number of hydrogen-bond acceptors (Lipinski definition) is 3. The average molecular weight is 266 g/mol. The first-order valence-electron chi connectivity index (χ1n) is 6.45. The summed E-state index contributed by atoms with van der Waals surface area (Å²) in [7, 11) is -4.35. The van der Waals surface area contributed by atoms with Crippen LogP contribution >= 0.6 is 0 Å². The monoisotopic (exact) mass is 266 g/mol. The Morgan fingerprint density at radius 3 is 1.88 bits per heavy atom. The van der Waals surface area contributed by atoms with E-state index in [4.69, 9.17) is 4.55 Å². The quantitative estimate of drug-likeness (QED) is 0.431. The van der Waals surface area contributed by atoms with Gasteiger partial charge in [0, 0.05) is 0 Å². The summed E-state index contributed by atoms with van der Waals surface area (Å²) in [5.74, 6) is 0. The number of unbranched alkanes of at least 4 members (excludes halogenated alkanes) is 9. The Bertz CT molecular complexity index is 249. The molecule has 0 saturated carbocycles. The predicted molar refractivity (Wildman–Crippen MR) is 67.7 cm³/mol. The number of hydrogen-bond donors (Lipinski definition) is 1. The first-order chi connectivity index (χ1) is 8.06. The van der Waals surface area contributed by atoms with Gasteiger partial charge in [0.2, 0.25) is 0 Å². The van der Waals surface area contributed by atoms with Gasteiger partial charge in [0.25, 0.3) is 0 Å². The first-order valence-corrected chi connectivity index (χ1v) is 7.81. The number of rotatable bonds is 12. The van der Waals surface area contributed by atoms with Gasteiger partial charge in [0.05, 0.1) is 0 Å². The van der Waals surface area contributed by atoms with Gasteiger partial charge in [-0.05, 0) is 6.42 Å². The first kappa shape index (κ1) is 16.9. The molecule has 0 aliphatic carbocycles. The third-order valence-corrected chi connectivity index (χ3v) is 2.88. The maximum atomic E-state index is 10.2. The van der Waals surface area contributed by atoms with E-state index in [9.17, 15) is 8.42 Å². The molecule has 0 aliphatic rings. The summed E-state index contributed by atoms with van der Waals surface area (Å²) < 4.78 is 32.6. The van der Waals surface area contributed by atoms with E-state index in [2.05, 4.69) is 17.7 Å². The van der Waals surface area contributed by atoms with Crippen molar-refractivity contribution in [3.8, 4) is 0 Å². The van der Waals surface area contributed by atoms with Gasteiger partial charge in [-0.1, -0.05) is 64.7 Å². The van der Waals surface area contributed by atoms with Crippen LogP contribution < -0.4 is 0 Å². The molecule has 0 bridgehead atoms. The standard InChI is InChI=1S/C12H24O4S/c1-2-3-4-5-6-7-8-9-10-11-12-16-17(13,14)15/h2-11H2,1H3,(H,13,14,15)/i12+2. The van der Waals surface area contributed by atoms with E-state index in [0.717, 1.165) is 12.8 Å². The van der Waals surface area contributed by atoms with Crippen LogP contribution in [-0.2, 0) is 14.6 Å². The van der Waals surface area contributed by atoms with Gasteiger partial charge in [-0.15, -0.1) is 0 Å². The summed E-state index contributed by atoms with van der Waals surface area (Å²) in [5, 5.41) is 0. The van der Waals surface area contributed by atoms with E-state index >= 15 is 0 Å². The minimum absolute atomic E-state index is 0.440. The molecule has 0 saturated heterocycles. The fourth-order valence-corrected chi connectivity index (χ4v) is 1.86. The Kier molecular flexibility index (Phi) is 10.9. The molecule has 0 aliphatic heterocycles. The van der Waals surface area contributed by atoms with Gasteiger partial charge >= 0.3 is 10.4 Å². The lowest BCUT2D eigenvalue weighted by Crippen LogP contribution is -2.00. The molecule has 0 atom stereocenters. The van der Waals surface area contributed by atoms with E-state index in [0.29, 0.717) is 6.42 Å². The van der Waals surface area contributed by atoms with Gasteiger partial charge in [0.1, 0.15) is 0 Å². The molecule has 0 heterocycles. The minimum Gasteiger partial charge on any atom is -0.264 e. The maximum Gasteiger partial charge on any atom is 0.398 e. The SMILES string of the molecule is CCCCCCCCCCC[14C]OS(=O)(=O)O. The smallest absolute Gasteiger partial charge is 0.264 e. The van der Waals surface area contributed by atoms with Crippen LogP contribution in [0.4, 0.5) is 0 Å². The molecule has 0 aromatic carbocycles. The summed E-state index contributed by atoms with van der Waals surface area (Å²) in [5.41, 5.74) is 0. The summed E-state index contributed by atoms with van der Waals surface area (Å²) in [6.45, 7) is 4.42. The van der Waals surface area contributed by atoms with Crippen LogP contribution in [0.25, 0.3) is 0 Å². The van der Waals surface area contributed by atoms with Gasteiger partial charge in [-0.25, -0.2) is 4.18 Å². The lowest BCUT2D eigenvalue weighted by atomic mass is 10.1. The van der Waals surface area contributed by atoms with Crippen molar-refractivity contribution in [3.05, 3.63) is 6.61 Å². The molecule has 2 radical (unpaired) electrons. The predicted octanol–water partition coefficient (Wildman–Crippen LogP) is 3.77. The van der Waals surface area contributed by atoms with Gasteiger partial charge < -0.3 is 0 Å². The van der Waals surface area contributed by atoms with Crippen molar-refractivity contribution >= 4 is 10.4 Å². The molecule has 0 fully saturated rings. The molecule has 17 heavy (non-hydrogen) atoms. The molecule has 0 rings (SSSR count). The second-order valence-corrected chi connectivity index (χ2v) is 5.26. The highest BCUT2D eigenvalue weighted by molar-refractivity contribution is 7.80. The Hall–Kier alpha value is -0.130. The fourth-order valence-electron chi connectivity index (χ4n) is 1.62. The Balaban J connectivity index is 3.04. The Morgan fingerprint density at radius 1 is 0.941 bits per heavy atom. The van der Waals surface area contributed by atoms with E-state index in [1.54, 1.807) is 0 Å². The molecular weight excluding hydrogens is 242 g/mol. The summed E-state index contributed by atoms with van der Waals surface area (Å²) in [6.07, 6.45) is 11.3. The molecule has 0 amide bonds. The van der Waals surface area contributed by atoms with Crippen molar-refractivity contribution in [3.63, 3.8) is 0 Å². The Labute approximate surface area is 106 Å². The molecule has 5 heteroatoms. The zero-order valence-electron chi connectivity index (χ0n) is 10.7. The zero-order chi connectivity index (χ0) is 13.0. The lowest BCUT2D eigenvalue weighted by Gasteiger charge is -2.01. The second kappa shape index (κ2) is 11.0. The van der Waals surface area contributed by atoms with E-state index in [1.807, 2.05) is 0 Å². The van der Waals surface area contributed by atoms with E-state index in [-0.39, 0.29) is 0 Å². The van der Waals surface area contributed by atoms with Crippen molar-refractivity contribution in [1.29, 1.82) is 0 Å². The highest BCUT2D eigenvalue weighted by Gasteiger charge is 2.04. The van der Waals surface area contributed by atoms with Crippen LogP contribution in [0.1, 0.15) is 71.1 Å². The van der Waals surface area contributed by atoms with Crippen molar-refractivity contribution in [2.45, 2.75) is 71.1 Å². The molecule has 1 N–H and O–H groups in total.